The Kier molecular flexibility index (Phi) is 8.26. The number of amides is 1. The van der Waals surface area contributed by atoms with Crippen LogP contribution in [0.3, 0.4) is 0 Å². The molecule has 1 atom stereocenters. The molecule has 1 aliphatic rings. The highest BCUT2D eigenvalue weighted by molar-refractivity contribution is 7.90. The number of piperidine rings is 1. The van der Waals surface area contributed by atoms with E-state index in [2.05, 4.69) is 5.32 Å². The molecule has 0 bridgehead atoms. The van der Waals surface area contributed by atoms with Gasteiger partial charge in [0.1, 0.15) is 17.3 Å². The van der Waals surface area contributed by atoms with Crippen molar-refractivity contribution in [2.75, 3.05) is 30.1 Å². The summed E-state index contributed by atoms with van der Waals surface area (Å²) in [7, 11) is -1.93. The number of para-hydroxylation sites is 1. The average molecular weight is 575 g/mol. The van der Waals surface area contributed by atoms with Crippen LogP contribution in [0.15, 0.2) is 95.9 Å². The molecule has 7 nitrogen and oxygen atoms in total. The summed E-state index contributed by atoms with van der Waals surface area (Å²) in [5.74, 6) is 0.260. The minimum atomic E-state index is -3.51. The Morgan fingerprint density at radius 3 is 2.46 bits per heavy atom. The van der Waals surface area contributed by atoms with Crippen molar-refractivity contribution >= 4 is 27.1 Å². The molecule has 4 aromatic rings. The normalized spacial score (nSPS) is 15.4. The van der Waals surface area contributed by atoms with Gasteiger partial charge in [0.15, 0.2) is 15.9 Å². The number of halogens is 1. The van der Waals surface area contributed by atoms with Crippen molar-refractivity contribution in [3.8, 4) is 22.6 Å². The highest BCUT2D eigenvalue weighted by atomic mass is 32.2. The van der Waals surface area contributed by atoms with Crippen LogP contribution < -0.4 is 19.7 Å². The molecular weight excluding hydrogens is 543 g/mol. The third-order valence-corrected chi connectivity index (χ3v) is 8.17. The summed E-state index contributed by atoms with van der Waals surface area (Å²) >= 11 is 0. The molecule has 1 heterocycles. The fourth-order valence-corrected chi connectivity index (χ4v) is 5.87. The zero-order valence-electron chi connectivity index (χ0n) is 22.8. The second kappa shape index (κ2) is 12.0. The molecule has 9 heteroatoms. The molecule has 0 saturated carbocycles. The highest BCUT2D eigenvalue weighted by Crippen LogP contribution is 2.34. The third-order valence-electron chi connectivity index (χ3n) is 7.02. The van der Waals surface area contributed by atoms with E-state index in [0.29, 0.717) is 48.6 Å². The van der Waals surface area contributed by atoms with Gasteiger partial charge in [0.05, 0.1) is 17.7 Å². The number of carbonyl (C=O) groups excluding carboxylic acids is 1. The summed E-state index contributed by atoms with van der Waals surface area (Å²) in [6.07, 6.45) is 1.45. The molecule has 1 N–H and O–H groups in total. The van der Waals surface area contributed by atoms with Crippen LogP contribution in [0.5, 0.6) is 11.5 Å². The van der Waals surface area contributed by atoms with Gasteiger partial charge in [-0.15, -0.1) is 0 Å². The number of anilines is 2. The van der Waals surface area contributed by atoms with Gasteiger partial charge < -0.3 is 19.7 Å². The number of hydrogen-bond donors (Lipinski definition) is 1. The van der Waals surface area contributed by atoms with E-state index in [-0.39, 0.29) is 16.5 Å². The van der Waals surface area contributed by atoms with E-state index in [1.807, 2.05) is 36.4 Å². The lowest BCUT2D eigenvalue weighted by Crippen LogP contribution is -2.47. The van der Waals surface area contributed by atoms with Gasteiger partial charge in [0.2, 0.25) is 0 Å². The van der Waals surface area contributed by atoms with E-state index in [9.17, 15) is 13.2 Å². The van der Waals surface area contributed by atoms with Gasteiger partial charge in [0.25, 0.3) is 5.91 Å². The molecule has 212 valence electrons. The Balaban J connectivity index is 1.37. The topological polar surface area (TPSA) is 84.9 Å². The highest BCUT2D eigenvalue weighted by Gasteiger charge is 2.33. The van der Waals surface area contributed by atoms with Crippen molar-refractivity contribution < 1.29 is 27.1 Å². The molecule has 1 amide bonds. The first-order chi connectivity index (χ1) is 19.7. The number of carbonyl (C=O) groups is 1. The maximum absolute atomic E-state index is 15.5. The maximum atomic E-state index is 15.5. The van der Waals surface area contributed by atoms with Crippen LogP contribution in [0.2, 0.25) is 0 Å². The molecule has 0 aliphatic carbocycles. The number of methoxy groups -OCH3 is 1. The van der Waals surface area contributed by atoms with Gasteiger partial charge in [0, 0.05) is 36.2 Å². The first-order valence-electron chi connectivity index (χ1n) is 13.3. The molecule has 1 aliphatic heterocycles. The molecule has 1 saturated heterocycles. The Morgan fingerprint density at radius 2 is 1.73 bits per heavy atom. The van der Waals surface area contributed by atoms with Crippen LogP contribution >= 0.6 is 0 Å². The average Bonchev–Trinajstić information content (AvgIpc) is 2.98. The van der Waals surface area contributed by atoms with Crippen LogP contribution in [0.1, 0.15) is 18.4 Å². The molecule has 0 aromatic heterocycles. The van der Waals surface area contributed by atoms with E-state index in [4.69, 9.17) is 9.47 Å². The van der Waals surface area contributed by atoms with Crippen molar-refractivity contribution in [2.24, 2.45) is 0 Å². The standard InChI is InChI=1S/C32H31FN2O5S/c1-39-25-15-17-29(23(19-25)21-34-24-9-4-3-5-10-24)40-30-12-8-18-35(32(30)36)28-16-14-22(20-27(28)33)26-11-6-7-13-31(26)41(2,37)38/h3-7,9-11,13-17,19-20,30,34H,8,12,18,21H2,1-2H3. The van der Waals surface area contributed by atoms with Crippen molar-refractivity contribution in [3.63, 3.8) is 0 Å². The predicted octanol–water partition coefficient (Wildman–Crippen LogP) is 6.09. The molecule has 1 fully saturated rings. The van der Waals surface area contributed by atoms with Crippen LogP contribution in [-0.4, -0.2) is 40.3 Å². The smallest absolute Gasteiger partial charge is 0.268 e. The molecular formula is C32H31FN2O5S. The molecule has 1 unspecified atom stereocenters. The lowest BCUT2D eigenvalue weighted by Gasteiger charge is -2.33. The third kappa shape index (κ3) is 6.36. The largest absolute Gasteiger partial charge is 0.497 e. The quantitative estimate of drug-likeness (QED) is 0.260. The van der Waals surface area contributed by atoms with Crippen LogP contribution in [0, 0.1) is 5.82 Å². The van der Waals surface area contributed by atoms with Crippen LogP contribution in [-0.2, 0) is 21.2 Å². The number of rotatable bonds is 9. The second-order valence-corrected chi connectivity index (χ2v) is 11.9. The fraction of sp³-hybridized carbons (Fsp3) is 0.219. The van der Waals surface area contributed by atoms with Crippen molar-refractivity contribution in [3.05, 3.63) is 102 Å². The summed E-state index contributed by atoms with van der Waals surface area (Å²) in [6.45, 7) is 0.798. The summed E-state index contributed by atoms with van der Waals surface area (Å²) in [6, 6.07) is 26.1. The van der Waals surface area contributed by atoms with Crippen LogP contribution in [0.4, 0.5) is 15.8 Å². The van der Waals surface area contributed by atoms with E-state index in [1.165, 1.54) is 23.1 Å². The summed E-state index contributed by atoms with van der Waals surface area (Å²) < 4.78 is 51.6. The number of ether oxygens (including phenoxy) is 2. The van der Waals surface area contributed by atoms with Crippen molar-refractivity contribution in [2.45, 2.75) is 30.4 Å². The number of nitrogens with one attached hydrogen (secondary N) is 1. The molecule has 41 heavy (non-hydrogen) atoms. The van der Waals surface area contributed by atoms with Gasteiger partial charge in [-0.1, -0.05) is 42.5 Å². The lowest BCUT2D eigenvalue weighted by molar-refractivity contribution is -0.127. The number of nitrogens with zero attached hydrogens (tertiary/aromatic N) is 1. The predicted molar refractivity (Wildman–Crippen MR) is 158 cm³/mol. The molecule has 4 aromatic carbocycles. The number of hydrogen-bond acceptors (Lipinski definition) is 6. The zero-order valence-corrected chi connectivity index (χ0v) is 23.7. The minimum absolute atomic E-state index is 0.117. The van der Waals surface area contributed by atoms with Gasteiger partial charge >= 0.3 is 0 Å². The fourth-order valence-electron chi connectivity index (χ4n) is 4.96. The van der Waals surface area contributed by atoms with Crippen LogP contribution in [0.25, 0.3) is 11.1 Å². The Bertz CT molecular complexity index is 1660. The second-order valence-electron chi connectivity index (χ2n) is 9.87. The monoisotopic (exact) mass is 574 g/mol. The van der Waals surface area contributed by atoms with Gasteiger partial charge in [-0.3, -0.25) is 4.79 Å². The van der Waals surface area contributed by atoms with Gasteiger partial charge in [-0.2, -0.15) is 0 Å². The summed E-state index contributed by atoms with van der Waals surface area (Å²) in [5.41, 5.74) is 2.71. The maximum Gasteiger partial charge on any atom is 0.268 e. The van der Waals surface area contributed by atoms with Gasteiger partial charge in [-0.05, 0) is 66.9 Å². The van der Waals surface area contributed by atoms with E-state index in [1.54, 1.807) is 43.5 Å². The molecule has 0 spiro atoms. The first kappa shape index (κ1) is 28.2. The molecule has 5 rings (SSSR count). The summed E-state index contributed by atoms with van der Waals surface area (Å²) in [5, 5.41) is 3.36. The SMILES string of the molecule is COc1ccc(OC2CCCN(c3ccc(-c4ccccc4S(C)(=O)=O)cc3F)C2=O)c(CNc2ccccc2)c1. The van der Waals surface area contributed by atoms with Crippen molar-refractivity contribution in [1.29, 1.82) is 0 Å². The van der Waals surface area contributed by atoms with Gasteiger partial charge in [-0.25, -0.2) is 12.8 Å². The molecule has 0 radical (unpaired) electrons. The van der Waals surface area contributed by atoms with E-state index in [0.717, 1.165) is 17.5 Å². The summed E-state index contributed by atoms with van der Waals surface area (Å²) in [4.78, 5) is 15.1. The van der Waals surface area contributed by atoms with E-state index >= 15 is 4.39 Å². The Hall–Kier alpha value is -4.37. The Labute approximate surface area is 239 Å². The number of sulfone groups is 1. The number of benzene rings is 4. The lowest BCUT2D eigenvalue weighted by atomic mass is 10.0. The zero-order chi connectivity index (χ0) is 29.0. The minimum Gasteiger partial charge on any atom is -0.497 e. The first-order valence-corrected chi connectivity index (χ1v) is 15.2. The van der Waals surface area contributed by atoms with Crippen molar-refractivity contribution in [1.82, 2.24) is 0 Å². The Morgan fingerprint density at radius 1 is 0.976 bits per heavy atom. The van der Waals surface area contributed by atoms with E-state index < -0.39 is 21.8 Å².